The van der Waals surface area contributed by atoms with Gasteiger partial charge in [-0.3, -0.25) is 4.79 Å². The average Bonchev–Trinajstić information content (AvgIpc) is 2.86. The molecule has 2 atom stereocenters. The minimum atomic E-state index is -1.05. The number of nitriles is 1. The summed E-state index contributed by atoms with van der Waals surface area (Å²) in [5.41, 5.74) is -0.798. The Morgan fingerprint density at radius 2 is 2.31 bits per heavy atom. The zero-order valence-electron chi connectivity index (χ0n) is 7.87. The topological polar surface area (TPSA) is 73.1 Å². The molecule has 0 heterocycles. The van der Waals surface area contributed by atoms with Gasteiger partial charge in [0.05, 0.1) is 6.07 Å². The third kappa shape index (κ3) is 2.19. The molecule has 4 heteroatoms. The van der Waals surface area contributed by atoms with Crippen molar-refractivity contribution in [1.82, 2.24) is 5.32 Å². The number of hydrogen-bond acceptors (Lipinski definition) is 3. The van der Waals surface area contributed by atoms with Crippen molar-refractivity contribution in [3.8, 4) is 6.07 Å². The number of nitrogens with one attached hydrogen (secondary N) is 1. The molecule has 4 nitrogen and oxygen atoms in total. The highest BCUT2D eigenvalue weighted by atomic mass is 16.3. The Hall–Kier alpha value is -1.08. The lowest BCUT2D eigenvalue weighted by molar-refractivity contribution is -0.129. The predicted octanol–water partition coefficient (Wildman–Crippen LogP) is 0.176. The van der Waals surface area contributed by atoms with Crippen LogP contribution in [-0.2, 0) is 4.79 Å². The highest BCUT2D eigenvalue weighted by Gasteiger charge is 2.43. The number of nitrogens with zero attached hydrogens (tertiary/aromatic N) is 1. The molecule has 0 aliphatic heterocycles. The van der Waals surface area contributed by atoms with Crippen LogP contribution in [0, 0.1) is 17.2 Å². The molecule has 1 aliphatic carbocycles. The van der Waals surface area contributed by atoms with Crippen LogP contribution in [0.15, 0.2) is 0 Å². The van der Waals surface area contributed by atoms with Crippen LogP contribution in [0.4, 0.5) is 0 Å². The molecule has 1 saturated carbocycles. The van der Waals surface area contributed by atoms with Gasteiger partial charge in [0.15, 0.2) is 0 Å². The summed E-state index contributed by atoms with van der Waals surface area (Å²) in [7, 11) is 0. The normalized spacial score (nSPS) is 22.6. The lowest BCUT2D eigenvalue weighted by Gasteiger charge is -2.23. The van der Waals surface area contributed by atoms with E-state index in [0.717, 1.165) is 12.8 Å². The zero-order chi connectivity index (χ0) is 10.1. The van der Waals surface area contributed by atoms with Crippen LogP contribution in [0.3, 0.4) is 0 Å². The van der Waals surface area contributed by atoms with E-state index in [1.165, 1.54) is 6.92 Å². The summed E-state index contributed by atoms with van der Waals surface area (Å²) in [4.78, 5) is 11.1. The minimum absolute atomic E-state index is 0.250. The van der Waals surface area contributed by atoms with Crippen molar-refractivity contribution in [3.05, 3.63) is 0 Å². The Kier molecular flexibility index (Phi) is 2.58. The minimum Gasteiger partial charge on any atom is -0.384 e. The van der Waals surface area contributed by atoms with E-state index in [1.54, 1.807) is 6.92 Å². The van der Waals surface area contributed by atoms with Gasteiger partial charge in [0.1, 0.15) is 11.6 Å². The first kappa shape index (κ1) is 10.0. The van der Waals surface area contributed by atoms with Crippen molar-refractivity contribution >= 4 is 5.91 Å². The molecular formula is C9H14N2O2. The van der Waals surface area contributed by atoms with E-state index < -0.39 is 17.6 Å². The van der Waals surface area contributed by atoms with Gasteiger partial charge in [-0.2, -0.15) is 5.26 Å². The van der Waals surface area contributed by atoms with Gasteiger partial charge in [-0.25, -0.2) is 0 Å². The highest BCUT2D eigenvalue weighted by Crippen LogP contribution is 2.39. The first-order valence-corrected chi connectivity index (χ1v) is 4.41. The van der Waals surface area contributed by atoms with Gasteiger partial charge in [0.2, 0.25) is 5.91 Å². The zero-order valence-corrected chi connectivity index (χ0v) is 7.87. The molecule has 0 aromatic rings. The molecule has 1 fully saturated rings. The standard InChI is InChI=1S/C9H14N2O2/c1-6(12)8(13)11-9(2,5-10)7-3-4-7/h6-7,12H,3-4H2,1-2H3,(H,11,13)/t6-,9?/m1/s1. The second-order valence-corrected chi connectivity index (χ2v) is 3.75. The van der Waals surface area contributed by atoms with E-state index in [-0.39, 0.29) is 5.92 Å². The number of carbonyl (C=O) groups excluding carboxylic acids is 1. The lowest BCUT2D eigenvalue weighted by atomic mass is 9.97. The Labute approximate surface area is 77.6 Å². The molecule has 1 unspecified atom stereocenters. The summed E-state index contributed by atoms with van der Waals surface area (Å²) >= 11 is 0. The summed E-state index contributed by atoms with van der Waals surface area (Å²) in [6.07, 6.45) is 0.903. The summed E-state index contributed by atoms with van der Waals surface area (Å²) in [5, 5.41) is 20.4. The second-order valence-electron chi connectivity index (χ2n) is 3.75. The third-order valence-corrected chi connectivity index (χ3v) is 2.39. The SMILES string of the molecule is C[C@@H](O)C(=O)NC(C)(C#N)C1CC1. The Bertz CT molecular complexity index is 253. The van der Waals surface area contributed by atoms with Crippen LogP contribution in [0.5, 0.6) is 0 Å². The van der Waals surface area contributed by atoms with Crippen molar-refractivity contribution in [1.29, 1.82) is 5.26 Å². The molecule has 0 radical (unpaired) electrons. The van der Waals surface area contributed by atoms with Gasteiger partial charge in [-0.15, -0.1) is 0 Å². The maximum atomic E-state index is 11.1. The molecule has 1 aliphatic rings. The fourth-order valence-corrected chi connectivity index (χ4v) is 1.24. The molecule has 0 aromatic heterocycles. The van der Waals surface area contributed by atoms with Crippen LogP contribution in [0.25, 0.3) is 0 Å². The van der Waals surface area contributed by atoms with Gasteiger partial charge in [-0.1, -0.05) is 0 Å². The Morgan fingerprint density at radius 1 is 1.77 bits per heavy atom. The van der Waals surface area contributed by atoms with E-state index in [4.69, 9.17) is 10.4 Å². The lowest BCUT2D eigenvalue weighted by Crippen LogP contribution is -2.49. The largest absolute Gasteiger partial charge is 0.384 e. The van der Waals surface area contributed by atoms with Crippen LogP contribution >= 0.6 is 0 Å². The summed E-state index contributed by atoms with van der Waals surface area (Å²) in [6.45, 7) is 3.09. The number of rotatable bonds is 3. The molecule has 1 rings (SSSR count). The van der Waals surface area contributed by atoms with Gasteiger partial charge < -0.3 is 10.4 Å². The van der Waals surface area contributed by atoms with E-state index in [9.17, 15) is 4.79 Å². The first-order chi connectivity index (χ1) is 5.99. The van der Waals surface area contributed by atoms with Gasteiger partial charge in [0.25, 0.3) is 0 Å². The first-order valence-electron chi connectivity index (χ1n) is 4.41. The van der Waals surface area contributed by atoms with Gasteiger partial charge >= 0.3 is 0 Å². The monoisotopic (exact) mass is 182 g/mol. The molecule has 0 spiro atoms. The van der Waals surface area contributed by atoms with E-state index in [0.29, 0.717) is 0 Å². The van der Waals surface area contributed by atoms with Crippen molar-refractivity contribution in [3.63, 3.8) is 0 Å². The molecule has 72 valence electrons. The smallest absolute Gasteiger partial charge is 0.249 e. The van der Waals surface area contributed by atoms with Crippen LogP contribution < -0.4 is 5.32 Å². The molecule has 13 heavy (non-hydrogen) atoms. The molecule has 0 bridgehead atoms. The van der Waals surface area contributed by atoms with Gasteiger partial charge in [0, 0.05) is 0 Å². The van der Waals surface area contributed by atoms with Crippen LogP contribution in [0.2, 0.25) is 0 Å². The number of hydrogen-bond donors (Lipinski definition) is 2. The number of carbonyl (C=O) groups is 1. The maximum absolute atomic E-state index is 11.1. The average molecular weight is 182 g/mol. The van der Waals surface area contributed by atoms with E-state index in [1.807, 2.05) is 0 Å². The van der Waals surface area contributed by atoms with Gasteiger partial charge in [-0.05, 0) is 32.6 Å². The third-order valence-electron chi connectivity index (χ3n) is 2.39. The Morgan fingerprint density at radius 3 is 2.62 bits per heavy atom. The maximum Gasteiger partial charge on any atom is 0.249 e. The number of aliphatic hydroxyl groups is 1. The molecule has 2 N–H and O–H groups in total. The van der Waals surface area contributed by atoms with Crippen LogP contribution in [-0.4, -0.2) is 22.7 Å². The molecule has 1 amide bonds. The predicted molar refractivity (Wildman–Crippen MR) is 46.6 cm³/mol. The second kappa shape index (κ2) is 3.35. The van der Waals surface area contributed by atoms with E-state index in [2.05, 4.69) is 11.4 Å². The number of aliphatic hydroxyl groups excluding tert-OH is 1. The van der Waals surface area contributed by atoms with Crippen molar-refractivity contribution < 1.29 is 9.90 Å². The highest BCUT2D eigenvalue weighted by molar-refractivity contribution is 5.81. The quantitative estimate of drug-likeness (QED) is 0.653. The fourth-order valence-electron chi connectivity index (χ4n) is 1.24. The molecule has 0 saturated heterocycles. The van der Waals surface area contributed by atoms with Crippen molar-refractivity contribution in [2.45, 2.75) is 38.3 Å². The summed E-state index contributed by atoms with van der Waals surface area (Å²) < 4.78 is 0. The molecular weight excluding hydrogens is 168 g/mol. The number of amides is 1. The summed E-state index contributed by atoms with van der Waals surface area (Å²) in [6, 6.07) is 2.08. The fraction of sp³-hybridized carbons (Fsp3) is 0.778. The van der Waals surface area contributed by atoms with Crippen LogP contribution in [0.1, 0.15) is 26.7 Å². The summed E-state index contributed by atoms with van der Waals surface area (Å²) in [5.74, 6) is -0.226. The van der Waals surface area contributed by atoms with E-state index >= 15 is 0 Å². The molecule has 0 aromatic carbocycles. The van der Waals surface area contributed by atoms with Crippen molar-refractivity contribution in [2.24, 2.45) is 5.92 Å². The van der Waals surface area contributed by atoms with Crippen molar-refractivity contribution in [2.75, 3.05) is 0 Å². The Balaban J connectivity index is 2.59.